The first-order valence-corrected chi connectivity index (χ1v) is 5.86. The summed E-state index contributed by atoms with van der Waals surface area (Å²) >= 11 is 0. The largest absolute Gasteiger partial charge is 0.464 e. The summed E-state index contributed by atoms with van der Waals surface area (Å²) in [4.78, 5) is 21.5. The van der Waals surface area contributed by atoms with Crippen LogP contribution in [0.1, 0.15) is 10.5 Å². The van der Waals surface area contributed by atoms with Gasteiger partial charge in [0.1, 0.15) is 5.82 Å². The van der Waals surface area contributed by atoms with E-state index in [9.17, 15) is 4.79 Å². The van der Waals surface area contributed by atoms with Gasteiger partial charge in [-0.3, -0.25) is 0 Å². The maximum Gasteiger partial charge on any atom is 0.358 e. The number of anilines is 1. The van der Waals surface area contributed by atoms with E-state index < -0.39 is 5.97 Å². The van der Waals surface area contributed by atoms with E-state index in [0.29, 0.717) is 32.1 Å². The van der Waals surface area contributed by atoms with Crippen LogP contribution in [0.2, 0.25) is 0 Å². The van der Waals surface area contributed by atoms with Gasteiger partial charge < -0.3 is 19.1 Å². The number of nitrogens with zero attached hydrogens (tertiary/aromatic N) is 3. The van der Waals surface area contributed by atoms with Crippen molar-refractivity contribution in [2.45, 2.75) is 0 Å². The van der Waals surface area contributed by atoms with Crippen molar-refractivity contribution in [1.82, 2.24) is 9.97 Å². The molecule has 7 heteroatoms. The molecule has 0 bridgehead atoms. The Balaban J connectivity index is 2.74. The number of ether oxygens (including phenoxy) is 3. The molecule has 0 aliphatic heterocycles. The third-order valence-electron chi connectivity index (χ3n) is 2.49. The summed E-state index contributed by atoms with van der Waals surface area (Å²) in [6, 6.07) is 0. The summed E-state index contributed by atoms with van der Waals surface area (Å²) in [6.07, 6.45) is 2.94. The highest BCUT2D eigenvalue weighted by Crippen LogP contribution is 2.09. The van der Waals surface area contributed by atoms with E-state index in [0.717, 1.165) is 0 Å². The number of rotatable bonds is 8. The molecule has 19 heavy (non-hydrogen) atoms. The van der Waals surface area contributed by atoms with Crippen LogP contribution < -0.4 is 4.90 Å². The molecule has 0 N–H and O–H groups in total. The van der Waals surface area contributed by atoms with Crippen molar-refractivity contribution in [3.8, 4) is 0 Å². The van der Waals surface area contributed by atoms with Gasteiger partial charge in [-0.1, -0.05) is 0 Å². The minimum Gasteiger partial charge on any atom is -0.464 e. The highest BCUT2D eigenvalue weighted by molar-refractivity contribution is 5.86. The van der Waals surface area contributed by atoms with Crippen molar-refractivity contribution < 1.29 is 19.0 Å². The Kier molecular flexibility index (Phi) is 6.76. The van der Waals surface area contributed by atoms with Crippen LogP contribution >= 0.6 is 0 Å². The van der Waals surface area contributed by atoms with Crippen molar-refractivity contribution >= 4 is 11.8 Å². The highest BCUT2D eigenvalue weighted by Gasteiger charge is 2.11. The van der Waals surface area contributed by atoms with Gasteiger partial charge >= 0.3 is 5.97 Å². The van der Waals surface area contributed by atoms with Gasteiger partial charge in [0.2, 0.25) is 0 Å². The molecule has 0 atom stereocenters. The van der Waals surface area contributed by atoms with Gasteiger partial charge in [0.15, 0.2) is 5.69 Å². The molecule has 106 valence electrons. The lowest BCUT2D eigenvalue weighted by atomic mass is 10.4. The molecule has 0 fully saturated rings. The molecule has 0 saturated heterocycles. The van der Waals surface area contributed by atoms with Crippen molar-refractivity contribution in [3.05, 3.63) is 18.1 Å². The SMILES string of the molecule is COCCN(CCOC)c1cnc(C(=O)OC)cn1. The lowest BCUT2D eigenvalue weighted by molar-refractivity contribution is 0.0593. The van der Waals surface area contributed by atoms with Crippen LogP contribution in [0, 0.1) is 0 Å². The number of hydrogen-bond donors (Lipinski definition) is 0. The molecule has 0 aliphatic carbocycles. The minimum atomic E-state index is -0.501. The monoisotopic (exact) mass is 269 g/mol. The van der Waals surface area contributed by atoms with Crippen LogP contribution in [0.15, 0.2) is 12.4 Å². The van der Waals surface area contributed by atoms with Crippen molar-refractivity contribution in [3.63, 3.8) is 0 Å². The average Bonchev–Trinajstić information content (AvgIpc) is 2.47. The molecule has 0 aliphatic rings. The number of hydrogen-bond acceptors (Lipinski definition) is 7. The van der Waals surface area contributed by atoms with Gasteiger partial charge in [-0.25, -0.2) is 14.8 Å². The lowest BCUT2D eigenvalue weighted by Crippen LogP contribution is -2.31. The summed E-state index contributed by atoms with van der Waals surface area (Å²) in [5, 5.41) is 0. The summed E-state index contributed by atoms with van der Waals surface area (Å²) in [7, 11) is 4.59. The first kappa shape index (κ1) is 15.3. The Labute approximate surface area is 112 Å². The van der Waals surface area contributed by atoms with Gasteiger partial charge in [0.05, 0.1) is 32.7 Å². The second kappa shape index (κ2) is 8.39. The van der Waals surface area contributed by atoms with Crippen LogP contribution in [0.4, 0.5) is 5.82 Å². The fourth-order valence-electron chi connectivity index (χ4n) is 1.44. The predicted molar refractivity (Wildman–Crippen MR) is 69.3 cm³/mol. The first-order valence-electron chi connectivity index (χ1n) is 5.86. The molecule has 1 heterocycles. The summed E-state index contributed by atoms with van der Waals surface area (Å²) in [5.74, 6) is 0.168. The molecule has 0 amide bonds. The van der Waals surface area contributed by atoms with Crippen LogP contribution in [0.3, 0.4) is 0 Å². The Morgan fingerprint density at radius 2 is 1.74 bits per heavy atom. The van der Waals surface area contributed by atoms with E-state index in [4.69, 9.17) is 9.47 Å². The van der Waals surface area contributed by atoms with E-state index >= 15 is 0 Å². The lowest BCUT2D eigenvalue weighted by Gasteiger charge is -2.22. The molecule has 1 aromatic heterocycles. The molecule has 0 aromatic carbocycles. The molecular weight excluding hydrogens is 250 g/mol. The summed E-state index contributed by atoms with van der Waals surface area (Å²) in [6.45, 7) is 2.49. The number of methoxy groups -OCH3 is 3. The van der Waals surface area contributed by atoms with Gasteiger partial charge in [-0.05, 0) is 0 Å². The van der Waals surface area contributed by atoms with E-state index in [1.165, 1.54) is 19.5 Å². The van der Waals surface area contributed by atoms with Crippen molar-refractivity contribution in [1.29, 1.82) is 0 Å². The van der Waals surface area contributed by atoms with Crippen LogP contribution in [0.5, 0.6) is 0 Å². The quantitative estimate of drug-likeness (QED) is 0.631. The standard InChI is InChI=1S/C12H19N3O4/c1-17-6-4-15(5-7-18-2)11-9-13-10(8-14-11)12(16)19-3/h8-9H,4-7H2,1-3H3. The first-order chi connectivity index (χ1) is 9.22. The predicted octanol–water partition coefficient (Wildman–Crippen LogP) is 0.362. The molecule has 0 unspecified atom stereocenters. The minimum absolute atomic E-state index is 0.185. The third kappa shape index (κ3) is 4.80. The summed E-state index contributed by atoms with van der Waals surface area (Å²) < 4.78 is 14.7. The van der Waals surface area contributed by atoms with Gasteiger partial charge in [-0.2, -0.15) is 0 Å². The Morgan fingerprint density at radius 3 is 2.16 bits per heavy atom. The zero-order valence-electron chi connectivity index (χ0n) is 11.5. The Morgan fingerprint density at radius 1 is 1.11 bits per heavy atom. The fraction of sp³-hybridized carbons (Fsp3) is 0.583. The molecule has 0 spiro atoms. The maximum atomic E-state index is 11.3. The smallest absolute Gasteiger partial charge is 0.358 e. The Bertz CT molecular complexity index is 375. The van der Waals surface area contributed by atoms with Gasteiger partial charge in [0.25, 0.3) is 0 Å². The van der Waals surface area contributed by atoms with Gasteiger partial charge in [-0.15, -0.1) is 0 Å². The van der Waals surface area contributed by atoms with E-state index in [1.54, 1.807) is 14.2 Å². The maximum absolute atomic E-state index is 11.3. The van der Waals surface area contributed by atoms with E-state index in [1.807, 2.05) is 4.90 Å². The molecule has 0 radical (unpaired) electrons. The highest BCUT2D eigenvalue weighted by atomic mass is 16.5. The molecule has 7 nitrogen and oxygen atoms in total. The second-order valence-electron chi connectivity index (χ2n) is 3.72. The molecule has 0 saturated carbocycles. The topological polar surface area (TPSA) is 73.8 Å². The molecule has 1 rings (SSSR count). The fourth-order valence-corrected chi connectivity index (χ4v) is 1.44. The van der Waals surface area contributed by atoms with Crippen LogP contribution in [-0.2, 0) is 14.2 Å². The number of esters is 1. The van der Waals surface area contributed by atoms with Crippen LogP contribution in [-0.4, -0.2) is 63.6 Å². The molecule has 1 aromatic rings. The summed E-state index contributed by atoms with van der Waals surface area (Å²) in [5.41, 5.74) is 0.185. The number of carbonyl (C=O) groups excluding carboxylic acids is 1. The van der Waals surface area contributed by atoms with Crippen LogP contribution in [0.25, 0.3) is 0 Å². The average molecular weight is 269 g/mol. The number of aromatic nitrogens is 2. The third-order valence-corrected chi connectivity index (χ3v) is 2.49. The van der Waals surface area contributed by atoms with Crippen molar-refractivity contribution in [2.75, 3.05) is 52.5 Å². The molecular formula is C12H19N3O4. The zero-order chi connectivity index (χ0) is 14.1. The van der Waals surface area contributed by atoms with Gasteiger partial charge in [0, 0.05) is 27.3 Å². The van der Waals surface area contributed by atoms with Crippen molar-refractivity contribution in [2.24, 2.45) is 0 Å². The second-order valence-corrected chi connectivity index (χ2v) is 3.72. The normalized spacial score (nSPS) is 10.3. The van der Waals surface area contributed by atoms with E-state index in [2.05, 4.69) is 14.7 Å². The number of carbonyl (C=O) groups is 1. The van der Waals surface area contributed by atoms with E-state index in [-0.39, 0.29) is 5.69 Å². The zero-order valence-corrected chi connectivity index (χ0v) is 11.5. The Hall–Kier alpha value is -1.73.